The van der Waals surface area contributed by atoms with Crippen molar-refractivity contribution in [3.63, 3.8) is 0 Å². The van der Waals surface area contributed by atoms with Gasteiger partial charge in [-0.3, -0.25) is 9.59 Å². The van der Waals surface area contributed by atoms with E-state index in [1.54, 1.807) is 14.2 Å². The van der Waals surface area contributed by atoms with Crippen molar-refractivity contribution in [2.45, 2.75) is 24.9 Å². The van der Waals surface area contributed by atoms with Crippen LogP contribution in [-0.2, 0) is 22.7 Å². The lowest BCUT2D eigenvalue weighted by Crippen LogP contribution is -2.37. The lowest BCUT2D eigenvalue weighted by molar-refractivity contribution is -0.127. The highest BCUT2D eigenvalue weighted by Gasteiger charge is 2.31. The van der Waals surface area contributed by atoms with Crippen molar-refractivity contribution in [3.05, 3.63) is 153 Å². The smallest absolute Gasteiger partial charge is 0.246 e. The van der Waals surface area contributed by atoms with E-state index in [0.29, 0.717) is 26.2 Å². The number of amides is 2. The minimum absolute atomic E-state index is 0.0458. The van der Waals surface area contributed by atoms with Crippen LogP contribution in [0, 0.1) is 0 Å². The van der Waals surface area contributed by atoms with Crippen molar-refractivity contribution >= 4 is 43.7 Å². The predicted octanol–water partition coefficient (Wildman–Crippen LogP) is 8.24. The molecule has 4 aromatic rings. The Morgan fingerprint density at radius 3 is 1.41 bits per heavy atom. The Kier molecular flexibility index (Phi) is 10.8. The van der Waals surface area contributed by atoms with Gasteiger partial charge in [0, 0.05) is 58.1 Å². The first kappa shape index (κ1) is 33.2. The third-order valence-electron chi connectivity index (χ3n) is 8.49. The number of hydrogen-bond acceptors (Lipinski definition) is 4. The summed E-state index contributed by atoms with van der Waals surface area (Å²) in [6.45, 7) is 9.69. The summed E-state index contributed by atoms with van der Waals surface area (Å²) in [7, 11) is 3.35. The first-order valence-corrected chi connectivity index (χ1v) is 16.5. The van der Waals surface area contributed by atoms with Crippen LogP contribution < -0.4 is 9.47 Å². The van der Waals surface area contributed by atoms with Gasteiger partial charge >= 0.3 is 0 Å². The highest BCUT2D eigenvalue weighted by atomic mass is 79.9. The lowest BCUT2D eigenvalue weighted by Gasteiger charge is -2.35. The minimum Gasteiger partial charge on any atom is -0.496 e. The highest BCUT2D eigenvalue weighted by molar-refractivity contribution is 9.10. The maximum absolute atomic E-state index is 12.2. The molecule has 2 aliphatic rings. The Balaban J connectivity index is 0.000000181. The van der Waals surface area contributed by atoms with Crippen LogP contribution in [0.1, 0.15) is 45.2 Å². The Labute approximate surface area is 287 Å². The molecule has 0 bridgehead atoms. The van der Waals surface area contributed by atoms with Crippen LogP contribution in [0.25, 0.3) is 0 Å². The largest absolute Gasteiger partial charge is 0.496 e. The molecule has 0 aliphatic carbocycles. The zero-order valence-corrected chi connectivity index (χ0v) is 29.1. The SMILES string of the molecule is C=CC(=O)N1Cc2cc(Br)ccc2[C@@H](c2ccccc2OC)C1.C=CC(=O)N1Cc2cc(Br)ccc2[C@H](c2ccccc2OC)C1. The summed E-state index contributed by atoms with van der Waals surface area (Å²) in [6, 6.07) is 28.5. The molecule has 2 heterocycles. The topological polar surface area (TPSA) is 59.1 Å². The second kappa shape index (κ2) is 15.0. The van der Waals surface area contributed by atoms with Gasteiger partial charge in [-0.25, -0.2) is 0 Å². The number of rotatable bonds is 6. The number of para-hydroxylation sites is 2. The van der Waals surface area contributed by atoms with Crippen molar-refractivity contribution in [3.8, 4) is 11.5 Å². The Bertz CT molecular complexity index is 1640. The van der Waals surface area contributed by atoms with Crippen molar-refractivity contribution < 1.29 is 19.1 Å². The molecule has 2 amide bonds. The average molecular weight is 745 g/mol. The standard InChI is InChI=1S/2C19H18BrNO2/c2*1-3-19(22)21-11-13-10-14(20)8-9-15(13)17(12-21)16-6-4-5-7-18(16)23-2/h2*3-10,17H,1,11-12H2,2H3/t2*17-/m10/s1. The van der Waals surface area contributed by atoms with Gasteiger partial charge in [0.1, 0.15) is 11.5 Å². The van der Waals surface area contributed by atoms with Crippen molar-refractivity contribution in [1.29, 1.82) is 0 Å². The van der Waals surface area contributed by atoms with Crippen LogP contribution >= 0.6 is 31.9 Å². The number of carbonyl (C=O) groups is 2. The van der Waals surface area contributed by atoms with E-state index in [-0.39, 0.29) is 23.7 Å². The molecule has 0 aromatic heterocycles. The van der Waals surface area contributed by atoms with Gasteiger partial charge in [-0.15, -0.1) is 0 Å². The summed E-state index contributed by atoms with van der Waals surface area (Å²) < 4.78 is 13.1. The number of methoxy groups -OCH3 is 2. The molecule has 0 unspecified atom stereocenters. The molecule has 6 rings (SSSR count). The van der Waals surface area contributed by atoms with Crippen molar-refractivity contribution in [2.24, 2.45) is 0 Å². The average Bonchev–Trinajstić information content (AvgIpc) is 3.09. The van der Waals surface area contributed by atoms with E-state index in [1.807, 2.05) is 58.3 Å². The Morgan fingerprint density at radius 2 is 1.04 bits per heavy atom. The molecule has 0 saturated carbocycles. The second-order valence-corrected chi connectivity index (χ2v) is 13.0. The molecule has 0 saturated heterocycles. The fraction of sp³-hybridized carbons (Fsp3) is 0.211. The van der Waals surface area contributed by atoms with Crippen molar-refractivity contribution in [1.82, 2.24) is 9.80 Å². The van der Waals surface area contributed by atoms with Gasteiger partial charge in [-0.1, -0.05) is 93.5 Å². The maximum atomic E-state index is 12.2. The number of fused-ring (bicyclic) bond motifs is 2. The van der Waals surface area contributed by atoms with Crippen LogP contribution in [0.4, 0.5) is 0 Å². The summed E-state index contributed by atoms with van der Waals surface area (Å²) in [5, 5.41) is 0. The zero-order chi connectivity index (χ0) is 32.8. The number of ether oxygens (including phenoxy) is 2. The normalized spacial score (nSPS) is 16.6. The molecular formula is C38H36Br2N2O4. The van der Waals surface area contributed by atoms with Gasteiger partial charge in [0.15, 0.2) is 0 Å². The van der Waals surface area contributed by atoms with Crippen LogP contribution in [0.2, 0.25) is 0 Å². The van der Waals surface area contributed by atoms with Gasteiger partial charge in [-0.05, 0) is 70.8 Å². The van der Waals surface area contributed by atoms with E-state index < -0.39 is 0 Å². The quantitative estimate of drug-likeness (QED) is 0.187. The van der Waals surface area contributed by atoms with Gasteiger partial charge in [0.25, 0.3) is 0 Å². The monoisotopic (exact) mass is 742 g/mol. The number of halogens is 2. The van der Waals surface area contributed by atoms with Crippen LogP contribution in [0.15, 0.2) is 119 Å². The number of nitrogens with zero attached hydrogens (tertiary/aromatic N) is 2. The second-order valence-electron chi connectivity index (χ2n) is 11.1. The Hall–Kier alpha value is -4.14. The van der Waals surface area contributed by atoms with E-state index in [4.69, 9.17) is 9.47 Å². The summed E-state index contributed by atoms with van der Waals surface area (Å²) in [6.07, 6.45) is 2.75. The predicted molar refractivity (Wildman–Crippen MR) is 189 cm³/mol. The van der Waals surface area contributed by atoms with Gasteiger partial charge in [0.05, 0.1) is 14.2 Å². The highest BCUT2D eigenvalue weighted by Crippen LogP contribution is 2.40. The molecule has 4 aromatic carbocycles. The van der Waals surface area contributed by atoms with E-state index in [2.05, 4.69) is 81.4 Å². The fourth-order valence-corrected chi connectivity index (χ4v) is 7.13. The molecule has 0 radical (unpaired) electrons. The minimum atomic E-state index is -0.0458. The first-order chi connectivity index (χ1) is 22.3. The molecule has 236 valence electrons. The number of benzene rings is 4. The number of carbonyl (C=O) groups excluding carboxylic acids is 2. The van der Waals surface area contributed by atoms with Crippen molar-refractivity contribution in [2.75, 3.05) is 27.3 Å². The molecule has 2 aliphatic heterocycles. The Morgan fingerprint density at radius 1 is 0.652 bits per heavy atom. The fourth-order valence-electron chi connectivity index (χ4n) is 6.31. The molecule has 6 nitrogen and oxygen atoms in total. The molecule has 46 heavy (non-hydrogen) atoms. The summed E-state index contributed by atoms with van der Waals surface area (Å²) in [4.78, 5) is 28.0. The van der Waals surface area contributed by atoms with E-state index in [1.165, 1.54) is 23.3 Å². The molecule has 0 fully saturated rings. The van der Waals surface area contributed by atoms with E-state index >= 15 is 0 Å². The van der Waals surface area contributed by atoms with Crippen LogP contribution in [-0.4, -0.2) is 48.9 Å². The van der Waals surface area contributed by atoms with Crippen LogP contribution in [0.3, 0.4) is 0 Å². The van der Waals surface area contributed by atoms with E-state index in [0.717, 1.165) is 42.7 Å². The molecule has 8 heteroatoms. The third kappa shape index (κ3) is 7.13. The summed E-state index contributed by atoms with van der Waals surface area (Å²) >= 11 is 7.04. The first-order valence-electron chi connectivity index (χ1n) is 14.9. The van der Waals surface area contributed by atoms with Gasteiger partial charge in [0.2, 0.25) is 11.8 Å². The molecular weight excluding hydrogens is 708 g/mol. The van der Waals surface area contributed by atoms with Gasteiger partial charge in [-0.2, -0.15) is 0 Å². The number of hydrogen-bond donors (Lipinski definition) is 0. The maximum Gasteiger partial charge on any atom is 0.246 e. The molecule has 0 spiro atoms. The van der Waals surface area contributed by atoms with Gasteiger partial charge < -0.3 is 19.3 Å². The van der Waals surface area contributed by atoms with Crippen LogP contribution in [0.5, 0.6) is 11.5 Å². The molecule has 0 N–H and O–H groups in total. The lowest BCUT2D eigenvalue weighted by atomic mass is 9.84. The summed E-state index contributed by atoms with van der Waals surface area (Å²) in [5.74, 6) is 1.78. The zero-order valence-electron chi connectivity index (χ0n) is 25.9. The molecule has 2 atom stereocenters. The van der Waals surface area contributed by atoms with E-state index in [9.17, 15) is 9.59 Å². The third-order valence-corrected chi connectivity index (χ3v) is 9.48. The summed E-state index contributed by atoms with van der Waals surface area (Å²) in [5.41, 5.74) is 6.98.